The third-order valence-corrected chi connectivity index (χ3v) is 7.74. The Morgan fingerprint density at radius 1 is 0.625 bits per heavy atom. The van der Waals surface area contributed by atoms with Crippen LogP contribution in [0.15, 0.2) is 4.99 Å². The number of nitrogens with one attached hydrogen (secondary N) is 1. The summed E-state index contributed by atoms with van der Waals surface area (Å²) in [4.78, 5) is 29.5. The second-order valence-corrected chi connectivity index (χ2v) is 11.6. The number of hydrogen-bond acceptors (Lipinski definition) is 3. The molecule has 0 aromatic carbocycles. The highest BCUT2D eigenvalue weighted by Crippen LogP contribution is 2.17. The third kappa shape index (κ3) is 29.7. The molecule has 0 bridgehead atoms. The molecule has 0 saturated carbocycles. The van der Waals surface area contributed by atoms with Crippen LogP contribution in [0.5, 0.6) is 0 Å². The van der Waals surface area contributed by atoms with Gasteiger partial charge in [-0.25, -0.2) is 0 Å². The molecule has 0 aromatic rings. The van der Waals surface area contributed by atoms with Gasteiger partial charge in [0.15, 0.2) is 5.96 Å². The van der Waals surface area contributed by atoms with Crippen LogP contribution in [0.3, 0.4) is 0 Å². The highest BCUT2D eigenvalue weighted by atomic mass is 35.5. The van der Waals surface area contributed by atoms with Crippen molar-refractivity contribution in [3.63, 3.8) is 0 Å². The predicted octanol–water partition coefficient (Wildman–Crippen LogP) is 8.78. The minimum Gasteiger partial charge on any atom is -0.370 e. The molecule has 1 amide bonds. The zero-order valence-corrected chi connectivity index (χ0v) is 27.3. The number of unbranched alkanes of at least 4 members (excludes halogenated alkanes) is 19. The Hall–Kier alpha value is -1.30. The van der Waals surface area contributed by atoms with Gasteiger partial charge in [-0.2, -0.15) is 0 Å². The maximum Gasteiger partial charge on any atom is 0.223 e. The van der Waals surface area contributed by atoms with Gasteiger partial charge in [-0.15, -0.1) is 12.4 Å². The number of carbonyl (C=O) groups excluding carboxylic acids is 2. The topological polar surface area (TPSA) is 111 Å². The number of hydrogen-bond donors (Lipinski definition) is 3. The maximum absolute atomic E-state index is 12.8. The predicted molar refractivity (Wildman–Crippen MR) is 176 cm³/mol. The molecule has 0 aliphatic heterocycles. The van der Waals surface area contributed by atoms with Crippen LogP contribution in [-0.2, 0) is 9.59 Å². The largest absolute Gasteiger partial charge is 0.370 e. The highest BCUT2D eigenvalue weighted by Gasteiger charge is 2.21. The molecule has 0 radical (unpaired) electrons. The van der Waals surface area contributed by atoms with E-state index in [9.17, 15) is 9.59 Å². The van der Waals surface area contributed by atoms with Crippen LogP contribution in [-0.4, -0.2) is 30.7 Å². The molecule has 40 heavy (non-hydrogen) atoms. The molecule has 0 fully saturated rings. The summed E-state index contributed by atoms with van der Waals surface area (Å²) in [6, 6.07) is 0. The van der Waals surface area contributed by atoms with E-state index in [1.807, 2.05) is 0 Å². The fourth-order valence-electron chi connectivity index (χ4n) is 5.20. The Labute approximate surface area is 254 Å². The van der Waals surface area contributed by atoms with Gasteiger partial charge in [0.2, 0.25) is 5.91 Å². The van der Waals surface area contributed by atoms with E-state index in [1.165, 1.54) is 109 Å². The Bertz CT molecular complexity index is 597. The number of guanidine groups is 1. The smallest absolute Gasteiger partial charge is 0.223 e. The van der Waals surface area contributed by atoms with Crippen LogP contribution in [0.4, 0.5) is 0 Å². The lowest BCUT2D eigenvalue weighted by Gasteiger charge is -2.16. The summed E-state index contributed by atoms with van der Waals surface area (Å²) in [5, 5.41) is 3.07. The number of rotatable bonds is 30. The number of carbonyl (C=O) groups is 2. The van der Waals surface area contributed by atoms with Crippen LogP contribution >= 0.6 is 12.4 Å². The summed E-state index contributed by atoms with van der Waals surface area (Å²) in [5.41, 5.74) is 10.8. The van der Waals surface area contributed by atoms with Gasteiger partial charge >= 0.3 is 0 Å². The summed E-state index contributed by atoms with van der Waals surface area (Å²) in [5.74, 6) is 0.0239. The standard InChI is InChI=1S/C33H66N4O2.ClH/c1-3-5-7-9-11-12-13-14-15-16-17-18-19-20-22-26-31(38)29-30(25-24-28-37-33(34)35)32(39)36-27-23-21-10-8-6-4-2;/h30H,3-29H2,1-2H3,(H,36,39)(H4,34,35,37);1H/t30-;/m1./s1. The molecule has 0 aliphatic rings. The van der Waals surface area contributed by atoms with E-state index in [1.54, 1.807) is 0 Å². The maximum atomic E-state index is 12.8. The number of ketones is 1. The first-order chi connectivity index (χ1) is 19.0. The summed E-state index contributed by atoms with van der Waals surface area (Å²) >= 11 is 0. The third-order valence-electron chi connectivity index (χ3n) is 7.74. The molecular formula is C33H67ClN4O2. The molecule has 0 aliphatic carbocycles. The van der Waals surface area contributed by atoms with Gasteiger partial charge in [0.05, 0.1) is 0 Å². The summed E-state index contributed by atoms with van der Waals surface area (Å²) in [7, 11) is 0. The molecule has 0 unspecified atom stereocenters. The van der Waals surface area contributed by atoms with Crippen LogP contribution < -0.4 is 16.8 Å². The van der Waals surface area contributed by atoms with Crippen molar-refractivity contribution in [2.45, 2.75) is 174 Å². The monoisotopic (exact) mass is 586 g/mol. The van der Waals surface area contributed by atoms with Crippen LogP contribution in [0.1, 0.15) is 174 Å². The summed E-state index contributed by atoms with van der Waals surface area (Å²) in [6.45, 7) is 5.69. The van der Waals surface area contributed by atoms with Crippen molar-refractivity contribution in [1.82, 2.24) is 5.32 Å². The number of halogens is 1. The van der Waals surface area contributed by atoms with Gasteiger partial charge in [-0.05, 0) is 25.7 Å². The van der Waals surface area contributed by atoms with Gasteiger partial charge < -0.3 is 16.8 Å². The quantitative estimate of drug-likeness (QED) is 0.0443. The first-order valence-electron chi connectivity index (χ1n) is 16.9. The lowest BCUT2D eigenvalue weighted by atomic mass is 9.93. The number of nitrogens with two attached hydrogens (primary N) is 2. The molecule has 7 heteroatoms. The van der Waals surface area contributed by atoms with Crippen molar-refractivity contribution in [3.05, 3.63) is 0 Å². The zero-order valence-electron chi connectivity index (χ0n) is 26.5. The fraction of sp³-hybridized carbons (Fsp3) is 0.909. The Balaban J connectivity index is 0. The molecule has 5 N–H and O–H groups in total. The van der Waals surface area contributed by atoms with E-state index in [2.05, 4.69) is 24.2 Å². The Kier molecular flexibility index (Phi) is 32.9. The second kappa shape index (κ2) is 32.2. The molecule has 1 atom stereocenters. The van der Waals surface area contributed by atoms with Crippen molar-refractivity contribution in [2.75, 3.05) is 13.1 Å². The Morgan fingerprint density at radius 3 is 1.50 bits per heavy atom. The van der Waals surface area contributed by atoms with E-state index >= 15 is 0 Å². The van der Waals surface area contributed by atoms with Gasteiger partial charge in [0.25, 0.3) is 0 Å². The highest BCUT2D eigenvalue weighted by molar-refractivity contribution is 5.86. The van der Waals surface area contributed by atoms with Gasteiger partial charge in [0.1, 0.15) is 5.78 Å². The summed E-state index contributed by atoms with van der Waals surface area (Å²) < 4.78 is 0. The number of Topliss-reactive ketones (excluding diaryl/α,β-unsaturated/α-hetero) is 1. The molecular weight excluding hydrogens is 520 g/mol. The normalized spacial score (nSPS) is 11.6. The van der Waals surface area contributed by atoms with Crippen molar-refractivity contribution in [2.24, 2.45) is 22.4 Å². The number of nitrogens with zero attached hydrogens (tertiary/aromatic N) is 1. The lowest BCUT2D eigenvalue weighted by molar-refractivity contribution is -0.129. The van der Waals surface area contributed by atoms with Gasteiger partial charge in [0, 0.05) is 31.8 Å². The van der Waals surface area contributed by atoms with Crippen LogP contribution in [0, 0.1) is 5.92 Å². The Morgan fingerprint density at radius 2 is 1.05 bits per heavy atom. The molecule has 0 rings (SSSR count). The molecule has 0 spiro atoms. The van der Waals surface area contributed by atoms with Crippen molar-refractivity contribution in [3.8, 4) is 0 Å². The first-order valence-corrected chi connectivity index (χ1v) is 16.9. The molecule has 0 aromatic heterocycles. The SMILES string of the molecule is CCCCCCCCCCCCCCCCCC(=O)C[C@@H](CCCN=C(N)N)C(=O)NCCCCCCCC.Cl. The molecule has 0 saturated heterocycles. The lowest BCUT2D eigenvalue weighted by Crippen LogP contribution is -2.33. The van der Waals surface area contributed by atoms with E-state index in [0.29, 0.717) is 38.8 Å². The number of amides is 1. The fourth-order valence-corrected chi connectivity index (χ4v) is 5.20. The number of aliphatic imine (C=N–C) groups is 1. The minimum atomic E-state index is -0.275. The van der Waals surface area contributed by atoms with E-state index in [-0.39, 0.29) is 36.0 Å². The molecule has 0 heterocycles. The summed E-state index contributed by atoms with van der Waals surface area (Å²) in [6.07, 6.45) is 29.2. The van der Waals surface area contributed by atoms with Crippen LogP contribution in [0.2, 0.25) is 0 Å². The average Bonchev–Trinajstić information content (AvgIpc) is 2.91. The first kappa shape index (κ1) is 40.8. The van der Waals surface area contributed by atoms with Gasteiger partial charge in [-0.3, -0.25) is 14.6 Å². The second-order valence-electron chi connectivity index (χ2n) is 11.6. The van der Waals surface area contributed by atoms with Crippen molar-refractivity contribution >= 4 is 30.1 Å². The molecule has 6 nitrogen and oxygen atoms in total. The van der Waals surface area contributed by atoms with E-state index in [4.69, 9.17) is 11.5 Å². The van der Waals surface area contributed by atoms with Gasteiger partial charge in [-0.1, -0.05) is 136 Å². The molecule has 238 valence electrons. The van der Waals surface area contributed by atoms with Crippen LogP contribution in [0.25, 0.3) is 0 Å². The zero-order chi connectivity index (χ0) is 28.8. The van der Waals surface area contributed by atoms with E-state index in [0.717, 1.165) is 25.7 Å². The average molecular weight is 587 g/mol. The van der Waals surface area contributed by atoms with Crippen molar-refractivity contribution < 1.29 is 9.59 Å². The minimum absolute atomic E-state index is 0. The van der Waals surface area contributed by atoms with Crippen molar-refractivity contribution in [1.29, 1.82) is 0 Å². The van der Waals surface area contributed by atoms with E-state index < -0.39 is 0 Å².